The second kappa shape index (κ2) is 10.8. The van der Waals surface area contributed by atoms with Gasteiger partial charge in [-0.2, -0.15) is 0 Å². The van der Waals surface area contributed by atoms with Crippen LogP contribution in [0, 0.1) is 0 Å². The van der Waals surface area contributed by atoms with Crippen LogP contribution in [0.4, 0.5) is 0 Å². The molecule has 158 valence electrons. The summed E-state index contributed by atoms with van der Waals surface area (Å²) in [4.78, 5) is 0. The molecule has 0 atom stereocenters. The highest BCUT2D eigenvalue weighted by molar-refractivity contribution is 6.99. The van der Waals surface area contributed by atoms with Gasteiger partial charge in [-0.05, 0) is 71.7 Å². The highest BCUT2D eigenvalue weighted by atomic mass is 28.4. The number of rotatable bonds is 8. The van der Waals surface area contributed by atoms with Gasteiger partial charge < -0.3 is 4.43 Å². The average molecular weight is 417 g/mol. The maximum absolute atomic E-state index is 6.93. The molecule has 0 spiro atoms. The van der Waals surface area contributed by atoms with Crippen molar-refractivity contribution >= 4 is 18.7 Å². The van der Waals surface area contributed by atoms with E-state index in [0.717, 1.165) is 19.4 Å². The molecule has 0 aromatic heterocycles. The van der Waals surface area contributed by atoms with E-state index in [1.54, 1.807) is 0 Å². The Bertz CT molecular complexity index is 828. The lowest BCUT2D eigenvalue weighted by molar-refractivity contribution is 0.293. The zero-order valence-electron chi connectivity index (χ0n) is 18.9. The summed E-state index contributed by atoms with van der Waals surface area (Å²) in [6, 6.07) is 21.8. The number of hydrogen-bond acceptors (Lipinski definition) is 1. The molecule has 0 N–H and O–H groups in total. The summed E-state index contributed by atoms with van der Waals surface area (Å²) >= 11 is 0. The molecule has 0 radical (unpaired) electrons. The van der Waals surface area contributed by atoms with E-state index in [1.807, 2.05) is 0 Å². The van der Waals surface area contributed by atoms with Crippen LogP contribution in [0.3, 0.4) is 0 Å². The molecule has 2 aromatic rings. The van der Waals surface area contributed by atoms with Gasteiger partial charge in [0, 0.05) is 6.61 Å². The third-order valence-corrected chi connectivity index (χ3v) is 11.0. The molecular formula is C28H36OSi. The summed E-state index contributed by atoms with van der Waals surface area (Å²) in [5, 5.41) is 2.74. The van der Waals surface area contributed by atoms with Crippen molar-refractivity contribution in [3.63, 3.8) is 0 Å². The van der Waals surface area contributed by atoms with Gasteiger partial charge in [0.2, 0.25) is 0 Å². The molecule has 1 aliphatic carbocycles. The van der Waals surface area contributed by atoms with Gasteiger partial charge in [0.05, 0.1) is 0 Å². The van der Waals surface area contributed by atoms with E-state index in [-0.39, 0.29) is 5.04 Å². The van der Waals surface area contributed by atoms with Crippen molar-refractivity contribution in [1.29, 1.82) is 0 Å². The summed E-state index contributed by atoms with van der Waals surface area (Å²) in [5.41, 5.74) is 4.83. The molecule has 0 bridgehead atoms. The number of benzene rings is 2. The van der Waals surface area contributed by atoms with Crippen LogP contribution in [-0.4, -0.2) is 14.9 Å². The summed E-state index contributed by atoms with van der Waals surface area (Å²) < 4.78 is 6.93. The highest BCUT2D eigenvalue weighted by Crippen LogP contribution is 2.36. The van der Waals surface area contributed by atoms with Crippen molar-refractivity contribution in [3.8, 4) is 0 Å². The Hall–Kier alpha value is -2.12. The Balaban J connectivity index is 1.73. The molecule has 0 saturated heterocycles. The Morgan fingerprint density at radius 3 is 2.10 bits per heavy atom. The molecule has 2 aromatic carbocycles. The SMILES string of the molecule is CC(C)(C)[Si](OCCCC=C=CC1=CCCCC1)(c1ccccc1)c1ccccc1. The maximum Gasteiger partial charge on any atom is 0.261 e. The van der Waals surface area contributed by atoms with Crippen LogP contribution < -0.4 is 10.4 Å². The lowest BCUT2D eigenvalue weighted by Crippen LogP contribution is -2.66. The van der Waals surface area contributed by atoms with Crippen molar-refractivity contribution in [3.05, 3.63) is 90.2 Å². The van der Waals surface area contributed by atoms with Crippen molar-refractivity contribution in [2.75, 3.05) is 6.61 Å². The number of hydrogen-bond donors (Lipinski definition) is 0. The van der Waals surface area contributed by atoms with Gasteiger partial charge in [-0.1, -0.05) is 87.5 Å². The average Bonchev–Trinajstić information content (AvgIpc) is 2.77. The van der Waals surface area contributed by atoms with Crippen LogP contribution in [0.1, 0.15) is 59.3 Å². The molecule has 0 aliphatic heterocycles. The lowest BCUT2D eigenvalue weighted by atomic mass is 10.00. The summed E-state index contributed by atoms with van der Waals surface area (Å²) in [5.74, 6) is 0. The fraction of sp³-hybridized carbons (Fsp3) is 0.393. The topological polar surface area (TPSA) is 9.23 Å². The van der Waals surface area contributed by atoms with E-state index in [4.69, 9.17) is 4.43 Å². The van der Waals surface area contributed by atoms with Crippen molar-refractivity contribution in [1.82, 2.24) is 0 Å². The Morgan fingerprint density at radius 1 is 0.933 bits per heavy atom. The zero-order chi connectivity index (χ0) is 21.3. The third-order valence-electron chi connectivity index (χ3n) is 5.94. The minimum atomic E-state index is -2.40. The van der Waals surface area contributed by atoms with Gasteiger partial charge in [-0.3, -0.25) is 0 Å². The van der Waals surface area contributed by atoms with E-state index in [1.165, 1.54) is 41.6 Å². The van der Waals surface area contributed by atoms with E-state index < -0.39 is 8.32 Å². The first-order valence-electron chi connectivity index (χ1n) is 11.4. The maximum atomic E-state index is 6.93. The zero-order valence-corrected chi connectivity index (χ0v) is 19.9. The van der Waals surface area contributed by atoms with Crippen LogP contribution >= 0.6 is 0 Å². The predicted molar refractivity (Wildman–Crippen MR) is 132 cm³/mol. The second-order valence-corrected chi connectivity index (χ2v) is 13.5. The van der Waals surface area contributed by atoms with Crippen molar-refractivity contribution < 1.29 is 4.43 Å². The molecular weight excluding hydrogens is 380 g/mol. The van der Waals surface area contributed by atoms with Crippen LogP contribution in [0.15, 0.2) is 90.2 Å². The molecule has 2 heteroatoms. The summed E-state index contributed by atoms with van der Waals surface area (Å²) in [6.07, 6.45) is 13.8. The molecule has 0 unspecified atom stereocenters. The molecule has 3 rings (SSSR count). The molecule has 1 nitrogen and oxygen atoms in total. The monoisotopic (exact) mass is 416 g/mol. The minimum Gasteiger partial charge on any atom is -0.407 e. The standard InChI is InChI=1S/C28H36OSi/c1-28(2,3)30(26-20-12-7-13-21-26,27-22-14-8-15-23-27)29-24-16-5-4-9-17-25-18-10-6-11-19-25/h4,7-8,12-15,17-18,20-23H,5-6,10-11,16,19,24H2,1-3H3. The van der Waals surface area contributed by atoms with Gasteiger partial charge in [0.15, 0.2) is 0 Å². The summed E-state index contributed by atoms with van der Waals surface area (Å²) in [7, 11) is -2.40. The highest BCUT2D eigenvalue weighted by Gasteiger charge is 2.49. The first-order valence-corrected chi connectivity index (χ1v) is 13.3. The van der Waals surface area contributed by atoms with Gasteiger partial charge in [-0.25, -0.2) is 0 Å². The third kappa shape index (κ3) is 5.52. The van der Waals surface area contributed by atoms with Crippen molar-refractivity contribution in [2.24, 2.45) is 0 Å². The second-order valence-electron chi connectivity index (χ2n) is 9.19. The first-order chi connectivity index (χ1) is 14.5. The number of unbranched alkanes of at least 4 members (excludes halogenated alkanes) is 1. The van der Waals surface area contributed by atoms with E-state index in [9.17, 15) is 0 Å². The quantitative estimate of drug-likeness (QED) is 0.269. The minimum absolute atomic E-state index is 0.0406. The lowest BCUT2D eigenvalue weighted by Gasteiger charge is -2.43. The van der Waals surface area contributed by atoms with E-state index in [0.29, 0.717) is 0 Å². The molecule has 0 heterocycles. The fourth-order valence-corrected chi connectivity index (χ4v) is 9.02. The Labute approximate surface area is 184 Å². The van der Waals surface area contributed by atoms with E-state index in [2.05, 4.69) is 105 Å². The summed E-state index contributed by atoms with van der Waals surface area (Å²) in [6.45, 7) is 7.77. The largest absolute Gasteiger partial charge is 0.407 e. The van der Waals surface area contributed by atoms with E-state index >= 15 is 0 Å². The predicted octanol–water partition coefficient (Wildman–Crippen LogP) is 6.55. The molecule has 0 saturated carbocycles. The smallest absolute Gasteiger partial charge is 0.261 e. The van der Waals surface area contributed by atoms with Gasteiger partial charge in [0.1, 0.15) is 0 Å². The van der Waals surface area contributed by atoms with Crippen LogP contribution in [0.5, 0.6) is 0 Å². The van der Waals surface area contributed by atoms with Gasteiger partial charge >= 0.3 is 0 Å². The number of allylic oxidation sites excluding steroid dienone is 3. The Kier molecular flexibility index (Phi) is 8.10. The van der Waals surface area contributed by atoms with Crippen molar-refractivity contribution in [2.45, 2.75) is 64.3 Å². The van der Waals surface area contributed by atoms with Crippen LogP contribution in [0.2, 0.25) is 5.04 Å². The first kappa shape index (κ1) is 22.6. The molecule has 0 fully saturated rings. The van der Waals surface area contributed by atoms with Gasteiger partial charge in [0.25, 0.3) is 8.32 Å². The van der Waals surface area contributed by atoms with Gasteiger partial charge in [-0.15, -0.1) is 5.73 Å². The van der Waals surface area contributed by atoms with Crippen LogP contribution in [-0.2, 0) is 4.43 Å². The molecule has 0 amide bonds. The molecule has 30 heavy (non-hydrogen) atoms. The molecule has 1 aliphatic rings. The fourth-order valence-electron chi connectivity index (χ4n) is 4.42. The normalized spacial score (nSPS) is 14.6. The van der Waals surface area contributed by atoms with Crippen LogP contribution in [0.25, 0.3) is 0 Å². The Morgan fingerprint density at radius 2 is 1.57 bits per heavy atom.